The van der Waals surface area contributed by atoms with Gasteiger partial charge < -0.3 is 5.73 Å². The van der Waals surface area contributed by atoms with Gasteiger partial charge in [-0.05, 0) is 24.1 Å². The van der Waals surface area contributed by atoms with Gasteiger partial charge in [0, 0.05) is 6.04 Å². The van der Waals surface area contributed by atoms with Crippen molar-refractivity contribution in [1.82, 2.24) is 0 Å². The molecule has 0 unspecified atom stereocenters. The number of nitrogens with two attached hydrogens (primary N) is 1. The largest absolute Gasteiger partial charge is 0.324 e. The minimum absolute atomic E-state index is 0. The van der Waals surface area contributed by atoms with Gasteiger partial charge in [0.05, 0.1) is 0 Å². The molecule has 0 spiro atoms. The zero-order valence-electron chi connectivity index (χ0n) is 8.37. The summed E-state index contributed by atoms with van der Waals surface area (Å²) in [6.45, 7) is 2.14. The fraction of sp³-hybridized carbons (Fsp3) is 0.455. The van der Waals surface area contributed by atoms with Crippen LogP contribution in [0.25, 0.3) is 0 Å². The summed E-state index contributed by atoms with van der Waals surface area (Å²) in [5.74, 6) is -0.202. The Labute approximate surface area is 90.9 Å². The third-order valence-electron chi connectivity index (χ3n) is 2.17. The van der Waals surface area contributed by atoms with Gasteiger partial charge in [0.1, 0.15) is 5.82 Å². The first kappa shape index (κ1) is 13.4. The molecule has 0 amide bonds. The van der Waals surface area contributed by atoms with Gasteiger partial charge in [-0.3, -0.25) is 0 Å². The Kier molecular flexibility index (Phi) is 6.50. The van der Waals surface area contributed by atoms with E-state index in [0.29, 0.717) is 0 Å². The lowest BCUT2D eigenvalue weighted by atomic mass is 10.0. The smallest absolute Gasteiger partial charge is 0.123 e. The van der Waals surface area contributed by atoms with Crippen LogP contribution in [-0.4, -0.2) is 0 Å². The summed E-state index contributed by atoms with van der Waals surface area (Å²) in [6, 6.07) is 6.49. The second kappa shape index (κ2) is 6.80. The summed E-state index contributed by atoms with van der Waals surface area (Å²) in [5.41, 5.74) is 6.93. The normalized spacial score (nSPS) is 11.9. The zero-order chi connectivity index (χ0) is 9.68. The van der Waals surface area contributed by atoms with E-state index in [2.05, 4.69) is 6.92 Å². The molecule has 0 aliphatic carbocycles. The van der Waals surface area contributed by atoms with E-state index in [0.717, 1.165) is 24.8 Å². The first-order valence-electron chi connectivity index (χ1n) is 4.75. The molecule has 0 bridgehead atoms. The molecule has 14 heavy (non-hydrogen) atoms. The number of halogens is 2. The minimum atomic E-state index is -0.202. The summed E-state index contributed by atoms with van der Waals surface area (Å²) >= 11 is 0. The second-order valence-electron chi connectivity index (χ2n) is 3.30. The molecule has 2 N–H and O–H groups in total. The second-order valence-corrected chi connectivity index (χ2v) is 3.30. The molecule has 3 heteroatoms. The number of benzene rings is 1. The lowest BCUT2D eigenvalue weighted by Crippen LogP contribution is -2.09. The predicted octanol–water partition coefficient (Wildman–Crippen LogP) is 3.44. The molecule has 0 fully saturated rings. The molecule has 1 nitrogen and oxygen atoms in total. The first-order valence-corrected chi connectivity index (χ1v) is 4.75. The molecule has 0 heterocycles. The zero-order valence-corrected chi connectivity index (χ0v) is 9.19. The summed E-state index contributed by atoms with van der Waals surface area (Å²) in [7, 11) is 0. The van der Waals surface area contributed by atoms with E-state index in [9.17, 15) is 4.39 Å². The van der Waals surface area contributed by atoms with Gasteiger partial charge in [0.25, 0.3) is 0 Å². The van der Waals surface area contributed by atoms with E-state index < -0.39 is 0 Å². The molecule has 1 aromatic rings. The van der Waals surface area contributed by atoms with Gasteiger partial charge in [-0.1, -0.05) is 31.9 Å². The molecule has 80 valence electrons. The van der Waals surface area contributed by atoms with Gasteiger partial charge in [0.15, 0.2) is 0 Å². The van der Waals surface area contributed by atoms with E-state index in [-0.39, 0.29) is 24.3 Å². The molecule has 0 aromatic heterocycles. The van der Waals surface area contributed by atoms with Crippen molar-refractivity contribution in [2.75, 3.05) is 0 Å². The predicted molar refractivity (Wildman–Crippen MR) is 60.1 cm³/mol. The molecule has 0 saturated heterocycles. The molecule has 0 aliphatic heterocycles. The Hall–Kier alpha value is -0.600. The van der Waals surface area contributed by atoms with Gasteiger partial charge >= 0.3 is 0 Å². The Morgan fingerprint density at radius 2 is 1.86 bits per heavy atom. The SMILES string of the molecule is CCCC[C@@H](N)c1ccc(F)cc1.Cl. The van der Waals surface area contributed by atoms with Crippen molar-refractivity contribution in [3.63, 3.8) is 0 Å². The maximum atomic E-state index is 12.6. The summed E-state index contributed by atoms with van der Waals surface area (Å²) < 4.78 is 12.6. The van der Waals surface area contributed by atoms with E-state index in [4.69, 9.17) is 5.73 Å². The fourth-order valence-corrected chi connectivity index (χ4v) is 1.30. The highest BCUT2D eigenvalue weighted by molar-refractivity contribution is 5.85. The van der Waals surface area contributed by atoms with Crippen LogP contribution in [0.5, 0.6) is 0 Å². The molecule has 1 atom stereocenters. The van der Waals surface area contributed by atoms with Crippen molar-refractivity contribution < 1.29 is 4.39 Å². The fourth-order valence-electron chi connectivity index (χ4n) is 1.30. The Balaban J connectivity index is 0.00000169. The lowest BCUT2D eigenvalue weighted by molar-refractivity contribution is 0.597. The molecular weight excluding hydrogens is 201 g/mol. The highest BCUT2D eigenvalue weighted by atomic mass is 35.5. The monoisotopic (exact) mass is 217 g/mol. The molecule has 1 rings (SSSR count). The highest BCUT2D eigenvalue weighted by Crippen LogP contribution is 2.16. The molecule has 1 aromatic carbocycles. The topological polar surface area (TPSA) is 26.0 Å². The average molecular weight is 218 g/mol. The van der Waals surface area contributed by atoms with E-state index in [1.54, 1.807) is 12.1 Å². The van der Waals surface area contributed by atoms with Crippen LogP contribution in [0.2, 0.25) is 0 Å². The van der Waals surface area contributed by atoms with Crippen LogP contribution in [0.1, 0.15) is 37.8 Å². The third kappa shape index (κ3) is 4.07. The Morgan fingerprint density at radius 3 is 2.36 bits per heavy atom. The quantitative estimate of drug-likeness (QED) is 0.822. The van der Waals surface area contributed by atoms with Crippen molar-refractivity contribution >= 4 is 12.4 Å². The van der Waals surface area contributed by atoms with Gasteiger partial charge in [-0.15, -0.1) is 12.4 Å². The van der Waals surface area contributed by atoms with Crippen LogP contribution in [-0.2, 0) is 0 Å². The van der Waals surface area contributed by atoms with E-state index in [1.807, 2.05) is 0 Å². The van der Waals surface area contributed by atoms with E-state index in [1.165, 1.54) is 12.1 Å². The third-order valence-corrected chi connectivity index (χ3v) is 2.17. The Bertz CT molecular complexity index is 248. The molecule has 0 saturated carbocycles. The molecular formula is C11H17ClFN. The van der Waals surface area contributed by atoms with Crippen LogP contribution in [0.3, 0.4) is 0 Å². The number of hydrogen-bond donors (Lipinski definition) is 1. The number of unbranched alkanes of at least 4 members (excludes halogenated alkanes) is 1. The minimum Gasteiger partial charge on any atom is -0.324 e. The average Bonchev–Trinajstić information content (AvgIpc) is 2.15. The van der Waals surface area contributed by atoms with Crippen molar-refractivity contribution in [2.45, 2.75) is 32.2 Å². The Morgan fingerprint density at radius 1 is 1.29 bits per heavy atom. The van der Waals surface area contributed by atoms with Crippen LogP contribution in [0.15, 0.2) is 24.3 Å². The number of hydrogen-bond acceptors (Lipinski definition) is 1. The standard InChI is InChI=1S/C11H16FN.ClH/c1-2-3-4-11(13)9-5-7-10(12)8-6-9;/h5-8,11H,2-4,13H2,1H3;1H/t11-;/m1./s1. The lowest BCUT2D eigenvalue weighted by Gasteiger charge is -2.10. The van der Waals surface area contributed by atoms with Gasteiger partial charge in [0.2, 0.25) is 0 Å². The summed E-state index contributed by atoms with van der Waals surface area (Å²) in [6.07, 6.45) is 3.25. The van der Waals surface area contributed by atoms with Gasteiger partial charge in [-0.25, -0.2) is 4.39 Å². The van der Waals surface area contributed by atoms with Crippen molar-refractivity contribution in [1.29, 1.82) is 0 Å². The van der Waals surface area contributed by atoms with Crippen LogP contribution >= 0.6 is 12.4 Å². The van der Waals surface area contributed by atoms with Crippen LogP contribution in [0.4, 0.5) is 4.39 Å². The molecule has 0 radical (unpaired) electrons. The summed E-state index contributed by atoms with van der Waals surface area (Å²) in [4.78, 5) is 0. The highest BCUT2D eigenvalue weighted by Gasteiger charge is 2.04. The van der Waals surface area contributed by atoms with Crippen molar-refractivity contribution in [3.05, 3.63) is 35.6 Å². The van der Waals surface area contributed by atoms with E-state index >= 15 is 0 Å². The van der Waals surface area contributed by atoms with Gasteiger partial charge in [-0.2, -0.15) is 0 Å². The van der Waals surface area contributed by atoms with Crippen molar-refractivity contribution in [3.8, 4) is 0 Å². The maximum absolute atomic E-state index is 12.6. The first-order chi connectivity index (χ1) is 6.24. The molecule has 0 aliphatic rings. The maximum Gasteiger partial charge on any atom is 0.123 e. The van der Waals surface area contributed by atoms with Crippen LogP contribution in [0, 0.1) is 5.82 Å². The summed E-state index contributed by atoms with van der Waals surface area (Å²) in [5, 5.41) is 0. The van der Waals surface area contributed by atoms with Crippen LogP contribution < -0.4 is 5.73 Å². The van der Waals surface area contributed by atoms with Crippen molar-refractivity contribution in [2.24, 2.45) is 5.73 Å². The number of rotatable bonds is 4.